The molecule has 4 heteroatoms. The van der Waals surface area contributed by atoms with E-state index in [9.17, 15) is 0 Å². The van der Waals surface area contributed by atoms with Crippen LogP contribution in [0.1, 0.15) is 12.0 Å². The molecule has 3 rings (SSSR count). The average Bonchev–Trinajstić information content (AvgIpc) is 3.11. The topological polar surface area (TPSA) is 39.1 Å². The second-order valence-electron chi connectivity index (χ2n) is 5.00. The molecule has 1 aliphatic heterocycles. The molecule has 0 amide bonds. The first-order valence-corrected chi connectivity index (χ1v) is 6.79. The van der Waals surface area contributed by atoms with E-state index in [1.165, 1.54) is 6.42 Å². The highest BCUT2D eigenvalue weighted by Crippen LogP contribution is 2.11. The minimum absolute atomic E-state index is 0.642. The van der Waals surface area contributed by atoms with Crippen molar-refractivity contribution in [3.63, 3.8) is 0 Å². The van der Waals surface area contributed by atoms with Gasteiger partial charge in [0.1, 0.15) is 0 Å². The highest BCUT2D eigenvalue weighted by Gasteiger charge is 2.14. The van der Waals surface area contributed by atoms with Crippen molar-refractivity contribution in [1.29, 1.82) is 0 Å². The van der Waals surface area contributed by atoms with Gasteiger partial charge in [-0.15, -0.1) is 0 Å². The minimum atomic E-state index is 0.642. The molecule has 1 fully saturated rings. The normalized spacial score (nSPS) is 18.8. The number of hydrogen-bond acceptors (Lipinski definition) is 3. The van der Waals surface area contributed by atoms with Gasteiger partial charge in [0.15, 0.2) is 0 Å². The molecule has 0 saturated carbocycles. The van der Waals surface area contributed by atoms with Crippen LogP contribution in [-0.2, 0) is 11.3 Å². The molecule has 4 nitrogen and oxygen atoms in total. The Labute approximate surface area is 113 Å². The summed E-state index contributed by atoms with van der Waals surface area (Å²) in [5.74, 6) is 0.671. The van der Waals surface area contributed by atoms with Gasteiger partial charge in [-0.25, -0.2) is 4.68 Å². The molecule has 0 radical (unpaired) electrons. The zero-order valence-corrected chi connectivity index (χ0v) is 11.0. The monoisotopic (exact) mass is 257 g/mol. The number of benzene rings is 1. The van der Waals surface area contributed by atoms with Gasteiger partial charge < -0.3 is 10.1 Å². The summed E-state index contributed by atoms with van der Waals surface area (Å²) in [5, 5.41) is 7.71. The number of nitrogens with zero attached hydrogens (tertiary/aromatic N) is 2. The lowest BCUT2D eigenvalue weighted by molar-refractivity contribution is 0.0924. The van der Waals surface area contributed by atoms with E-state index in [0.29, 0.717) is 12.5 Å². The summed E-state index contributed by atoms with van der Waals surface area (Å²) < 4.78 is 7.64. The maximum Gasteiger partial charge on any atom is 0.0747 e. The lowest BCUT2D eigenvalue weighted by Gasteiger charge is -2.07. The first-order valence-electron chi connectivity index (χ1n) is 6.79. The maximum atomic E-state index is 5.76. The van der Waals surface area contributed by atoms with Gasteiger partial charge >= 0.3 is 0 Å². The van der Waals surface area contributed by atoms with E-state index in [1.54, 1.807) is 0 Å². The van der Waals surface area contributed by atoms with E-state index in [2.05, 4.69) is 10.4 Å². The second-order valence-corrected chi connectivity index (χ2v) is 5.00. The standard InChI is InChI=1S/C15H19N3O/c1-2-4-15(5-3-1)18-10-14(9-17-18)12-19-11-13-6-7-16-8-13/h1-5,9-10,13,16H,6-8,11-12H2. The highest BCUT2D eigenvalue weighted by atomic mass is 16.5. The molecule has 1 saturated heterocycles. The molecule has 1 N–H and O–H groups in total. The van der Waals surface area contributed by atoms with Crippen molar-refractivity contribution in [3.8, 4) is 5.69 Å². The Kier molecular flexibility index (Phi) is 3.91. The van der Waals surface area contributed by atoms with Crippen LogP contribution in [0.25, 0.3) is 5.69 Å². The van der Waals surface area contributed by atoms with Gasteiger partial charge in [0.05, 0.1) is 25.1 Å². The Balaban J connectivity index is 1.53. The van der Waals surface area contributed by atoms with Gasteiger partial charge in [-0.1, -0.05) is 18.2 Å². The van der Waals surface area contributed by atoms with Gasteiger partial charge in [0, 0.05) is 18.3 Å². The van der Waals surface area contributed by atoms with Crippen LogP contribution in [0.3, 0.4) is 0 Å². The number of aromatic nitrogens is 2. The summed E-state index contributed by atoms with van der Waals surface area (Å²) in [6, 6.07) is 10.1. The molecule has 1 aromatic heterocycles. The molecular weight excluding hydrogens is 238 g/mol. The molecule has 1 atom stereocenters. The summed E-state index contributed by atoms with van der Waals surface area (Å²) in [6.45, 7) is 3.69. The van der Waals surface area contributed by atoms with E-state index in [1.807, 2.05) is 47.4 Å². The third-order valence-corrected chi connectivity index (χ3v) is 3.44. The Morgan fingerprint density at radius 3 is 3.00 bits per heavy atom. The van der Waals surface area contributed by atoms with Crippen molar-refractivity contribution >= 4 is 0 Å². The van der Waals surface area contributed by atoms with Gasteiger partial charge in [-0.3, -0.25) is 0 Å². The summed E-state index contributed by atoms with van der Waals surface area (Å²) in [5.41, 5.74) is 2.20. The Morgan fingerprint density at radius 2 is 2.21 bits per heavy atom. The fraction of sp³-hybridized carbons (Fsp3) is 0.400. The lowest BCUT2D eigenvalue weighted by atomic mass is 10.1. The molecule has 1 unspecified atom stereocenters. The van der Waals surface area contributed by atoms with Crippen LogP contribution < -0.4 is 5.32 Å². The largest absolute Gasteiger partial charge is 0.376 e. The Morgan fingerprint density at radius 1 is 1.32 bits per heavy atom. The van der Waals surface area contributed by atoms with Crippen molar-refractivity contribution in [1.82, 2.24) is 15.1 Å². The quantitative estimate of drug-likeness (QED) is 0.890. The summed E-state index contributed by atoms with van der Waals surface area (Å²) in [6.07, 6.45) is 5.13. The van der Waals surface area contributed by atoms with Crippen LogP contribution in [0, 0.1) is 5.92 Å². The zero-order valence-electron chi connectivity index (χ0n) is 11.0. The number of para-hydroxylation sites is 1. The predicted molar refractivity (Wildman–Crippen MR) is 74.2 cm³/mol. The number of nitrogens with one attached hydrogen (secondary N) is 1. The van der Waals surface area contributed by atoms with Gasteiger partial charge in [-0.05, 0) is 31.0 Å². The van der Waals surface area contributed by atoms with Crippen molar-refractivity contribution in [2.24, 2.45) is 5.92 Å². The van der Waals surface area contributed by atoms with Crippen LogP contribution in [0.5, 0.6) is 0 Å². The van der Waals surface area contributed by atoms with E-state index in [4.69, 9.17) is 4.74 Å². The summed E-state index contributed by atoms with van der Waals surface area (Å²) in [7, 11) is 0. The van der Waals surface area contributed by atoms with Crippen LogP contribution >= 0.6 is 0 Å². The van der Waals surface area contributed by atoms with Crippen molar-refractivity contribution < 1.29 is 4.74 Å². The first kappa shape index (κ1) is 12.4. The van der Waals surface area contributed by atoms with Gasteiger partial charge in [0.25, 0.3) is 0 Å². The Bertz CT molecular complexity index is 503. The van der Waals surface area contributed by atoms with Gasteiger partial charge in [-0.2, -0.15) is 5.10 Å². The SMILES string of the molecule is c1ccc(-n2cc(COCC3CCNC3)cn2)cc1. The van der Waals surface area contributed by atoms with Crippen molar-refractivity contribution in [2.75, 3.05) is 19.7 Å². The number of rotatable bonds is 5. The van der Waals surface area contributed by atoms with E-state index < -0.39 is 0 Å². The third kappa shape index (κ3) is 3.22. The van der Waals surface area contributed by atoms with E-state index in [-0.39, 0.29) is 0 Å². The summed E-state index contributed by atoms with van der Waals surface area (Å²) >= 11 is 0. The van der Waals surface area contributed by atoms with E-state index >= 15 is 0 Å². The number of ether oxygens (including phenoxy) is 1. The third-order valence-electron chi connectivity index (χ3n) is 3.44. The molecule has 100 valence electrons. The van der Waals surface area contributed by atoms with Gasteiger partial charge in [0.2, 0.25) is 0 Å². The lowest BCUT2D eigenvalue weighted by Crippen LogP contribution is -2.13. The molecular formula is C15H19N3O. The smallest absolute Gasteiger partial charge is 0.0747 e. The molecule has 19 heavy (non-hydrogen) atoms. The second kappa shape index (κ2) is 5.99. The molecule has 1 aliphatic rings. The van der Waals surface area contributed by atoms with Crippen LogP contribution in [0.4, 0.5) is 0 Å². The van der Waals surface area contributed by atoms with Crippen LogP contribution in [0.15, 0.2) is 42.7 Å². The van der Waals surface area contributed by atoms with Crippen LogP contribution in [0.2, 0.25) is 0 Å². The molecule has 2 aromatic rings. The molecule has 0 spiro atoms. The molecule has 2 heterocycles. The average molecular weight is 257 g/mol. The molecule has 0 bridgehead atoms. The highest BCUT2D eigenvalue weighted by molar-refractivity contribution is 5.30. The maximum absolute atomic E-state index is 5.76. The Hall–Kier alpha value is -1.65. The molecule has 1 aromatic carbocycles. The zero-order chi connectivity index (χ0) is 12.9. The van der Waals surface area contributed by atoms with Crippen LogP contribution in [-0.4, -0.2) is 29.5 Å². The fourth-order valence-electron chi connectivity index (χ4n) is 2.36. The number of hydrogen-bond donors (Lipinski definition) is 1. The summed E-state index contributed by atoms with van der Waals surface area (Å²) in [4.78, 5) is 0. The van der Waals surface area contributed by atoms with Crippen molar-refractivity contribution in [3.05, 3.63) is 48.3 Å². The molecule has 0 aliphatic carbocycles. The predicted octanol–water partition coefficient (Wildman–Crippen LogP) is 2.00. The van der Waals surface area contributed by atoms with Crippen molar-refractivity contribution in [2.45, 2.75) is 13.0 Å². The minimum Gasteiger partial charge on any atom is -0.376 e. The van der Waals surface area contributed by atoms with E-state index in [0.717, 1.165) is 30.9 Å². The fourth-order valence-corrected chi connectivity index (χ4v) is 2.36. The first-order chi connectivity index (χ1) is 9.42.